The number of carbonyl (C=O) groups excluding carboxylic acids is 2. The van der Waals surface area contributed by atoms with E-state index >= 15 is 0 Å². The van der Waals surface area contributed by atoms with Gasteiger partial charge in [0.15, 0.2) is 0 Å². The van der Waals surface area contributed by atoms with Crippen LogP contribution in [0.2, 0.25) is 0 Å². The fourth-order valence-electron chi connectivity index (χ4n) is 3.35. The third kappa shape index (κ3) is 4.77. The fourth-order valence-corrected chi connectivity index (χ4v) is 3.35. The quantitative estimate of drug-likeness (QED) is 0.849. The predicted molar refractivity (Wildman–Crippen MR) is 104 cm³/mol. The molecule has 1 N–H and O–H groups in total. The Bertz CT molecular complexity index is 737. The summed E-state index contributed by atoms with van der Waals surface area (Å²) >= 11 is 0. The summed E-state index contributed by atoms with van der Waals surface area (Å²) in [5, 5.41) is 3.06. The first kappa shape index (κ1) is 19.2. The van der Waals surface area contributed by atoms with E-state index in [0.29, 0.717) is 38.3 Å². The number of nitrogens with one attached hydrogen (secondary N) is 1. The summed E-state index contributed by atoms with van der Waals surface area (Å²) < 4.78 is 4.98. The van der Waals surface area contributed by atoms with Crippen molar-refractivity contribution in [2.24, 2.45) is 0 Å². The standard InChI is InChI=1S/C21H27N3O3/c1-16(18-6-4-3-5-7-18)14-22-20(25)17(2)23-9-11-24(12-10-23)21(26)19-8-13-27-15-19/h3-8,13,15-17H,9-12,14H2,1-2H3,(H,22,25). The maximum atomic E-state index is 12.5. The number of piperazine rings is 1. The molecule has 0 radical (unpaired) electrons. The van der Waals surface area contributed by atoms with E-state index in [1.54, 1.807) is 6.07 Å². The van der Waals surface area contributed by atoms with E-state index in [-0.39, 0.29) is 23.8 Å². The molecule has 1 aromatic heterocycles. The molecule has 2 unspecified atom stereocenters. The Hall–Kier alpha value is -2.60. The molecule has 0 saturated carbocycles. The fraction of sp³-hybridized carbons (Fsp3) is 0.429. The minimum atomic E-state index is -0.209. The van der Waals surface area contributed by atoms with Gasteiger partial charge in [0.1, 0.15) is 6.26 Å². The van der Waals surface area contributed by atoms with Crippen molar-refractivity contribution in [3.05, 3.63) is 60.1 Å². The molecule has 6 heteroatoms. The van der Waals surface area contributed by atoms with Crippen molar-refractivity contribution in [3.63, 3.8) is 0 Å². The highest BCUT2D eigenvalue weighted by Gasteiger charge is 2.28. The Morgan fingerprint density at radius 2 is 1.78 bits per heavy atom. The summed E-state index contributed by atoms with van der Waals surface area (Å²) in [5.74, 6) is 0.288. The highest BCUT2D eigenvalue weighted by Crippen LogP contribution is 2.14. The molecule has 1 fully saturated rings. The lowest BCUT2D eigenvalue weighted by Crippen LogP contribution is -2.55. The second kappa shape index (κ2) is 8.86. The monoisotopic (exact) mass is 369 g/mol. The summed E-state index contributed by atoms with van der Waals surface area (Å²) in [5.41, 5.74) is 1.79. The van der Waals surface area contributed by atoms with Gasteiger partial charge in [-0.25, -0.2) is 0 Å². The molecule has 1 aliphatic rings. The van der Waals surface area contributed by atoms with Crippen molar-refractivity contribution in [1.29, 1.82) is 0 Å². The Labute approximate surface area is 160 Å². The number of hydrogen-bond acceptors (Lipinski definition) is 4. The maximum absolute atomic E-state index is 12.5. The smallest absolute Gasteiger partial charge is 0.257 e. The number of amides is 2. The average Bonchev–Trinajstić information content (AvgIpc) is 3.26. The van der Waals surface area contributed by atoms with Crippen molar-refractivity contribution in [2.45, 2.75) is 25.8 Å². The molecule has 0 spiro atoms. The lowest BCUT2D eigenvalue weighted by atomic mass is 10.0. The summed E-state index contributed by atoms with van der Waals surface area (Å²) in [4.78, 5) is 28.8. The minimum Gasteiger partial charge on any atom is -0.472 e. The minimum absolute atomic E-state index is 0.0165. The van der Waals surface area contributed by atoms with Crippen molar-refractivity contribution >= 4 is 11.8 Å². The Morgan fingerprint density at radius 1 is 1.07 bits per heavy atom. The van der Waals surface area contributed by atoms with Gasteiger partial charge in [-0.2, -0.15) is 0 Å². The van der Waals surface area contributed by atoms with Crippen LogP contribution in [-0.4, -0.2) is 60.4 Å². The number of hydrogen-bond donors (Lipinski definition) is 1. The molecule has 2 amide bonds. The Kier molecular flexibility index (Phi) is 6.29. The van der Waals surface area contributed by atoms with E-state index in [2.05, 4.69) is 29.3 Å². The number of carbonyl (C=O) groups is 2. The van der Waals surface area contributed by atoms with E-state index in [0.717, 1.165) is 0 Å². The van der Waals surface area contributed by atoms with Gasteiger partial charge in [-0.1, -0.05) is 37.3 Å². The van der Waals surface area contributed by atoms with Crippen LogP contribution in [0.1, 0.15) is 35.7 Å². The zero-order chi connectivity index (χ0) is 19.2. The van der Waals surface area contributed by atoms with E-state index in [4.69, 9.17) is 4.42 Å². The summed E-state index contributed by atoms with van der Waals surface area (Å²) in [6.45, 7) is 7.26. The van der Waals surface area contributed by atoms with E-state index < -0.39 is 0 Å². The van der Waals surface area contributed by atoms with E-state index in [9.17, 15) is 9.59 Å². The van der Waals surface area contributed by atoms with Gasteiger partial charge in [0.2, 0.25) is 5.91 Å². The van der Waals surface area contributed by atoms with Crippen LogP contribution in [0.4, 0.5) is 0 Å². The van der Waals surface area contributed by atoms with Crippen molar-refractivity contribution < 1.29 is 14.0 Å². The molecule has 2 aromatic rings. The molecule has 1 saturated heterocycles. The lowest BCUT2D eigenvalue weighted by Gasteiger charge is -2.37. The first-order chi connectivity index (χ1) is 13.1. The molecule has 2 atom stereocenters. The molecule has 27 heavy (non-hydrogen) atoms. The van der Waals surface area contributed by atoms with E-state index in [1.165, 1.54) is 18.1 Å². The van der Waals surface area contributed by atoms with Crippen molar-refractivity contribution in [3.8, 4) is 0 Å². The van der Waals surface area contributed by atoms with Gasteiger partial charge in [-0.15, -0.1) is 0 Å². The van der Waals surface area contributed by atoms with Crippen LogP contribution in [-0.2, 0) is 4.79 Å². The van der Waals surface area contributed by atoms with Gasteiger partial charge in [-0.05, 0) is 24.5 Å². The van der Waals surface area contributed by atoms with Crippen LogP contribution in [0.3, 0.4) is 0 Å². The first-order valence-corrected chi connectivity index (χ1v) is 9.44. The molecule has 1 aromatic carbocycles. The molecule has 6 nitrogen and oxygen atoms in total. The normalized spacial score (nSPS) is 17.3. The largest absolute Gasteiger partial charge is 0.472 e. The molecule has 0 bridgehead atoms. The van der Waals surface area contributed by atoms with Crippen molar-refractivity contribution in [2.75, 3.05) is 32.7 Å². The molecule has 3 rings (SSSR count). The Balaban J connectivity index is 1.45. The van der Waals surface area contributed by atoms with E-state index in [1.807, 2.05) is 30.0 Å². The third-order valence-electron chi connectivity index (χ3n) is 5.25. The maximum Gasteiger partial charge on any atom is 0.257 e. The molecule has 1 aliphatic heterocycles. The summed E-state index contributed by atoms with van der Waals surface area (Å²) in [6, 6.07) is 11.7. The SMILES string of the molecule is CC(CNC(=O)C(C)N1CCN(C(=O)c2ccoc2)CC1)c1ccccc1. The Morgan fingerprint density at radius 3 is 2.41 bits per heavy atom. The van der Waals surface area contributed by atoms with Gasteiger partial charge in [-0.3, -0.25) is 14.5 Å². The van der Waals surface area contributed by atoms with Gasteiger partial charge in [0.05, 0.1) is 17.9 Å². The number of furan rings is 1. The first-order valence-electron chi connectivity index (χ1n) is 9.44. The lowest BCUT2D eigenvalue weighted by molar-refractivity contribution is -0.126. The molecular weight excluding hydrogens is 342 g/mol. The van der Waals surface area contributed by atoms with Crippen LogP contribution < -0.4 is 5.32 Å². The number of rotatable bonds is 6. The van der Waals surface area contributed by atoms with Crippen LogP contribution >= 0.6 is 0 Å². The number of nitrogens with zero attached hydrogens (tertiary/aromatic N) is 2. The third-order valence-corrected chi connectivity index (χ3v) is 5.25. The molecule has 2 heterocycles. The zero-order valence-corrected chi connectivity index (χ0v) is 15.9. The number of benzene rings is 1. The summed E-state index contributed by atoms with van der Waals surface area (Å²) in [7, 11) is 0. The molecule has 144 valence electrons. The van der Waals surface area contributed by atoms with Gasteiger partial charge >= 0.3 is 0 Å². The average molecular weight is 369 g/mol. The van der Waals surface area contributed by atoms with Gasteiger partial charge in [0, 0.05) is 32.7 Å². The predicted octanol–water partition coefficient (Wildman–Crippen LogP) is 2.35. The second-order valence-electron chi connectivity index (χ2n) is 7.07. The van der Waals surface area contributed by atoms with Crippen LogP contribution in [0.15, 0.2) is 53.3 Å². The van der Waals surface area contributed by atoms with Gasteiger partial charge < -0.3 is 14.6 Å². The van der Waals surface area contributed by atoms with Crippen molar-refractivity contribution in [1.82, 2.24) is 15.1 Å². The zero-order valence-electron chi connectivity index (χ0n) is 15.9. The van der Waals surface area contributed by atoms with Crippen LogP contribution in [0, 0.1) is 0 Å². The molecule has 0 aliphatic carbocycles. The molecular formula is C21H27N3O3. The van der Waals surface area contributed by atoms with Crippen LogP contribution in [0.25, 0.3) is 0 Å². The highest BCUT2D eigenvalue weighted by molar-refractivity contribution is 5.93. The second-order valence-corrected chi connectivity index (χ2v) is 7.07. The highest BCUT2D eigenvalue weighted by atomic mass is 16.3. The summed E-state index contributed by atoms with van der Waals surface area (Å²) in [6.07, 6.45) is 2.98. The topological polar surface area (TPSA) is 65.8 Å². The van der Waals surface area contributed by atoms with Gasteiger partial charge in [0.25, 0.3) is 5.91 Å². The van der Waals surface area contributed by atoms with Crippen LogP contribution in [0.5, 0.6) is 0 Å².